The van der Waals surface area contributed by atoms with Crippen molar-refractivity contribution < 1.29 is 22.4 Å². The first-order chi connectivity index (χ1) is 8.81. The number of amides is 1. The minimum absolute atomic E-state index is 0.487. The fourth-order valence-electron chi connectivity index (χ4n) is 1.33. The Hall–Kier alpha value is -2.61. The van der Waals surface area contributed by atoms with E-state index >= 15 is 0 Å². The van der Waals surface area contributed by atoms with Crippen molar-refractivity contribution in [3.05, 3.63) is 29.1 Å². The molecule has 0 unspecified atom stereocenters. The van der Waals surface area contributed by atoms with Crippen LogP contribution in [-0.2, 0) is 11.0 Å². The molecular formula is C11H5F4N3O. The van der Waals surface area contributed by atoms with E-state index in [9.17, 15) is 22.4 Å². The second-order valence-electron chi connectivity index (χ2n) is 3.34. The largest absolute Gasteiger partial charge is 0.421 e. The molecule has 0 aliphatic rings. The molecule has 0 saturated carbocycles. The summed E-state index contributed by atoms with van der Waals surface area (Å²) >= 11 is 0. The maximum Gasteiger partial charge on any atom is 0.421 e. The molecule has 98 valence electrons. The second-order valence-corrected chi connectivity index (χ2v) is 3.34. The van der Waals surface area contributed by atoms with Gasteiger partial charge in [0.15, 0.2) is 0 Å². The van der Waals surface area contributed by atoms with E-state index in [4.69, 9.17) is 10.5 Å². The van der Waals surface area contributed by atoms with Crippen LogP contribution in [0.25, 0.3) is 0 Å². The lowest BCUT2D eigenvalue weighted by Crippen LogP contribution is -2.18. The van der Waals surface area contributed by atoms with Gasteiger partial charge in [-0.25, -0.2) is 4.39 Å². The molecule has 0 fully saturated rings. The molecule has 0 bridgehead atoms. The molecule has 1 amide bonds. The van der Waals surface area contributed by atoms with E-state index in [1.165, 1.54) is 12.1 Å². The average molecular weight is 271 g/mol. The lowest BCUT2D eigenvalue weighted by atomic mass is 10.1. The van der Waals surface area contributed by atoms with Crippen LogP contribution in [0.3, 0.4) is 0 Å². The fraction of sp³-hybridized carbons (Fsp3) is 0.182. The summed E-state index contributed by atoms with van der Waals surface area (Å²) in [5.41, 5.74) is -3.26. The van der Waals surface area contributed by atoms with E-state index in [2.05, 4.69) is 0 Å². The van der Waals surface area contributed by atoms with Crippen molar-refractivity contribution >= 4 is 11.6 Å². The van der Waals surface area contributed by atoms with Gasteiger partial charge in [0, 0.05) is 0 Å². The maximum atomic E-state index is 13.3. The highest BCUT2D eigenvalue weighted by atomic mass is 19.4. The molecule has 0 heterocycles. The molecule has 1 rings (SSSR count). The quantitative estimate of drug-likeness (QED) is 0.840. The van der Waals surface area contributed by atoms with Gasteiger partial charge >= 0.3 is 6.18 Å². The minimum Gasteiger partial charge on any atom is -0.323 e. The van der Waals surface area contributed by atoms with E-state index in [1.54, 1.807) is 5.32 Å². The Morgan fingerprint density at radius 2 is 1.95 bits per heavy atom. The van der Waals surface area contributed by atoms with Gasteiger partial charge in [0.2, 0.25) is 5.91 Å². The van der Waals surface area contributed by atoms with Crippen molar-refractivity contribution in [1.82, 2.24) is 0 Å². The molecule has 8 heteroatoms. The van der Waals surface area contributed by atoms with Crippen LogP contribution in [0.4, 0.5) is 23.2 Å². The molecule has 0 atom stereocenters. The molecule has 19 heavy (non-hydrogen) atoms. The van der Waals surface area contributed by atoms with Crippen LogP contribution >= 0.6 is 0 Å². The molecule has 1 aromatic rings. The van der Waals surface area contributed by atoms with Crippen LogP contribution in [-0.4, -0.2) is 5.91 Å². The van der Waals surface area contributed by atoms with Gasteiger partial charge in [-0.3, -0.25) is 4.79 Å². The number of alkyl halides is 3. The summed E-state index contributed by atoms with van der Waals surface area (Å²) < 4.78 is 51.3. The molecule has 0 radical (unpaired) electrons. The zero-order chi connectivity index (χ0) is 14.6. The van der Waals surface area contributed by atoms with Gasteiger partial charge in [0.05, 0.1) is 17.3 Å². The number of rotatable bonds is 2. The molecule has 0 aromatic heterocycles. The van der Waals surface area contributed by atoms with E-state index in [-0.39, 0.29) is 0 Å². The zero-order valence-electron chi connectivity index (χ0n) is 9.18. The van der Waals surface area contributed by atoms with E-state index in [0.717, 1.165) is 6.07 Å². The Labute approximate surface area is 104 Å². The Morgan fingerprint density at radius 1 is 1.32 bits per heavy atom. The second kappa shape index (κ2) is 5.36. The average Bonchev–Trinajstić information content (AvgIpc) is 2.27. The van der Waals surface area contributed by atoms with E-state index in [0.29, 0.717) is 6.07 Å². The molecule has 4 nitrogen and oxygen atoms in total. The van der Waals surface area contributed by atoms with Gasteiger partial charge in [-0.15, -0.1) is 0 Å². The maximum absolute atomic E-state index is 13.3. The van der Waals surface area contributed by atoms with Crippen LogP contribution < -0.4 is 5.32 Å². The van der Waals surface area contributed by atoms with Crippen molar-refractivity contribution in [1.29, 1.82) is 10.5 Å². The molecule has 0 spiro atoms. The van der Waals surface area contributed by atoms with E-state index in [1.807, 2.05) is 0 Å². The van der Waals surface area contributed by atoms with Gasteiger partial charge in [-0.05, 0) is 12.1 Å². The first-order valence-electron chi connectivity index (χ1n) is 4.78. The van der Waals surface area contributed by atoms with Crippen LogP contribution in [0.15, 0.2) is 12.1 Å². The van der Waals surface area contributed by atoms with Gasteiger partial charge in [0.25, 0.3) is 0 Å². The van der Waals surface area contributed by atoms with E-state index < -0.39 is 41.1 Å². The number of carbonyl (C=O) groups excluding carboxylic acids is 1. The highest BCUT2D eigenvalue weighted by Crippen LogP contribution is 2.38. The van der Waals surface area contributed by atoms with Crippen LogP contribution in [0, 0.1) is 28.5 Å². The molecule has 0 saturated heterocycles. The highest BCUT2D eigenvalue weighted by Gasteiger charge is 2.38. The summed E-state index contributed by atoms with van der Waals surface area (Å²) in [6, 6.07) is 4.15. The number of nitriles is 2. The van der Waals surface area contributed by atoms with Gasteiger partial charge < -0.3 is 5.32 Å². The zero-order valence-corrected chi connectivity index (χ0v) is 9.18. The lowest BCUT2D eigenvalue weighted by molar-refractivity contribution is -0.139. The molecule has 1 N–H and O–H groups in total. The third-order valence-corrected chi connectivity index (χ3v) is 2.06. The normalized spacial score (nSPS) is 10.4. The highest BCUT2D eigenvalue weighted by molar-refractivity contribution is 5.94. The first kappa shape index (κ1) is 14.5. The number of nitrogens with zero attached hydrogens (tertiary/aromatic N) is 2. The third-order valence-electron chi connectivity index (χ3n) is 2.06. The predicted octanol–water partition coefficient (Wildman–Crippen LogP) is 2.57. The number of anilines is 1. The number of nitrogens with one attached hydrogen (secondary N) is 1. The number of hydrogen-bond donors (Lipinski definition) is 1. The summed E-state index contributed by atoms with van der Waals surface area (Å²) in [6.07, 6.45) is -5.79. The Balaban J connectivity index is 3.42. The first-order valence-corrected chi connectivity index (χ1v) is 4.78. The Bertz CT molecular complexity index is 596. The fourth-order valence-corrected chi connectivity index (χ4v) is 1.33. The standard InChI is InChI=1S/C11H5F4N3O/c12-7-2-1-6(5-17)10(9(7)11(13,14)15)18-8(19)3-4-16/h1-2H,3H2,(H,18,19). The number of benzene rings is 1. The Kier molecular flexibility index (Phi) is 4.07. The minimum atomic E-state index is -5.08. The van der Waals surface area contributed by atoms with Gasteiger partial charge in [-0.1, -0.05) is 0 Å². The smallest absolute Gasteiger partial charge is 0.323 e. The van der Waals surface area contributed by atoms with Gasteiger partial charge in [0.1, 0.15) is 23.9 Å². The number of hydrogen-bond acceptors (Lipinski definition) is 3. The molecule has 0 aliphatic heterocycles. The van der Waals surface area contributed by atoms with Crippen molar-refractivity contribution in [2.24, 2.45) is 0 Å². The Morgan fingerprint density at radius 3 is 2.42 bits per heavy atom. The summed E-state index contributed by atoms with van der Waals surface area (Å²) in [7, 11) is 0. The van der Waals surface area contributed by atoms with Crippen molar-refractivity contribution in [2.45, 2.75) is 12.6 Å². The molecule has 0 aliphatic carbocycles. The van der Waals surface area contributed by atoms with Crippen molar-refractivity contribution in [3.63, 3.8) is 0 Å². The monoisotopic (exact) mass is 271 g/mol. The summed E-state index contributed by atoms with van der Waals surface area (Å²) in [5.74, 6) is -2.67. The van der Waals surface area contributed by atoms with Gasteiger partial charge in [-0.2, -0.15) is 23.7 Å². The van der Waals surface area contributed by atoms with Crippen LogP contribution in [0.1, 0.15) is 17.5 Å². The number of halogens is 4. The number of carbonyl (C=O) groups is 1. The van der Waals surface area contributed by atoms with Crippen LogP contribution in [0.5, 0.6) is 0 Å². The third kappa shape index (κ3) is 3.19. The molecular weight excluding hydrogens is 266 g/mol. The summed E-state index contributed by atoms with van der Waals surface area (Å²) in [4.78, 5) is 11.1. The lowest BCUT2D eigenvalue weighted by Gasteiger charge is -2.15. The van der Waals surface area contributed by atoms with Crippen molar-refractivity contribution in [3.8, 4) is 12.1 Å². The summed E-state index contributed by atoms with van der Waals surface area (Å²) in [6.45, 7) is 0. The SMILES string of the molecule is N#CCC(=O)Nc1c(C#N)ccc(F)c1C(F)(F)F. The predicted molar refractivity (Wildman–Crippen MR) is 55.0 cm³/mol. The van der Waals surface area contributed by atoms with Crippen molar-refractivity contribution in [2.75, 3.05) is 5.32 Å². The van der Waals surface area contributed by atoms with Crippen LogP contribution in [0.2, 0.25) is 0 Å². The molecule has 1 aromatic carbocycles. The topological polar surface area (TPSA) is 76.7 Å². The summed E-state index contributed by atoms with van der Waals surface area (Å²) in [5, 5.41) is 18.7.